The lowest BCUT2D eigenvalue weighted by molar-refractivity contribution is -0.150. The Hall–Kier alpha value is -1.76. The van der Waals surface area contributed by atoms with Gasteiger partial charge in [0.1, 0.15) is 5.82 Å². The van der Waals surface area contributed by atoms with E-state index < -0.39 is 0 Å². The molecule has 6 heteroatoms. The molecule has 0 spiro atoms. The lowest BCUT2D eigenvalue weighted by Crippen LogP contribution is -2.54. The normalized spacial score (nSPS) is 20.4. The summed E-state index contributed by atoms with van der Waals surface area (Å²) in [5.41, 5.74) is 1.03. The molecule has 22 heavy (non-hydrogen) atoms. The van der Waals surface area contributed by atoms with Crippen LogP contribution in [0.5, 0.6) is 0 Å². The molecular weight excluding hydrogens is 280 g/mol. The van der Waals surface area contributed by atoms with E-state index in [1.165, 1.54) is 0 Å². The highest BCUT2D eigenvalue weighted by Crippen LogP contribution is 2.30. The van der Waals surface area contributed by atoms with Crippen LogP contribution in [-0.2, 0) is 17.8 Å². The van der Waals surface area contributed by atoms with Gasteiger partial charge in [-0.3, -0.25) is 4.90 Å². The summed E-state index contributed by atoms with van der Waals surface area (Å²) >= 11 is 0. The first-order chi connectivity index (χ1) is 10.8. The highest BCUT2D eigenvalue weighted by molar-refractivity contribution is 5.55. The van der Waals surface area contributed by atoms with Crippen LogP contribution >= 0.6 is 0 Å². The number of aromatic nitrogens is 3. The standard InChI is InChI=1S/C16H20N4O2/c21-10-16(11-22-12-16)9-19-6-7-20-14(8-19)17-18-15(20)13-4-2-1-3-5-13/h1-5,21H,6-12H2. The van der Waals surface area contributed by atoms with Crippen LogP contribution in [-0.4, -0.2) is 57.7 Å². The van der Waals surface area contributed by atoms with Gasteiger partial charge in [0.05, 0.1) is 31.8 Å². The number of hydrogen-bond acceptors (Lipinski definition) is 5. The van der Waals surface area contributed by atoms with Gasteiger partial charge in [-0.05, 0) is 0 Å². The first-order valence-corrected chi connectivity index (χ1v) is 7.68. The van der Waals surface area contributed by atoms with Crippen molar-refractivity contribution in [3.8, 4) is 11.4 Å². The average Bonchev–Trinajstić information content (AvgIpc) is 2.95. The number of aliphatic hydroxyl groups excluding tert-OH is 1. The van der Waals surface area contributed by atoms with E-state index in [1.807, 2.05) is 18.2 Å². The van der Waals surface area contributed by atoms with E-state index in [9.17, 15) is 5.11 Å². The third-order valence-corrected chi connectivity index (χ3v) is 4.58. The Bertz CT molecular complexity index is 646. The molecule has 0 bridgehead atoms. The molecule has 2 aromatic rings. The van der Waals surface area contributed by atoms with Crippen LogP contribution in [0.3, 0.4) is 0 Å². The Morgan fingerprint density at radius 2 is 1.95 bits per heavy atom. The van der Waals surface area contributed by atoms with Gasteiger partial charge in [0.25, 0.3) is 0 Å². The summed E-state index contributed by atoms with van der Waals surface area (Å²) < 4.78 is 7.49. The van der Waals surface area contributed by atoms with E-state index in [4.69, 9.17) is 4.74 Å². The molecule has 1 saturated heterocycles. The first-order valence-electron chi connectivity index (χ1n) is 7.68. The fourth-order valence-corrected chi connectivity index (χ4v) is 3.24. The van der Waals surface area contributed by atoms with Crippen LogP contribution in [0.25, 0.3) is 11.4 Å². The minimum Gasteiger partial charge on any atom is -0.396 e. The van der Waals surface area contributed by atoms with Gasteiger partial charge in [0.2, 0.25) is 0 Å². The van der Waals surface area contributed by atoms with E-state index in [0.29, 0.717) is 13.2 Å². The van der Waals surface area contributed by atoms with E-state index in [2.05, 4.69) is 31.8 Å². The van der Waals surface area contributed by atoms with Crippen molar-refractivity contribution < 1.29 is 9.84 Å². The van der Waals surface area contributed by atoms with Crippen molar-refractivity contribution in [1.29, 1.82) is 0 Å². The fraction of sp³-hybridized carbons (Fsp3) is 0.500. The lowest BCUT2D eigenvalue weighted by Gasteiger charge is -2.44. The molecular formula is C16H20N4O2. The maximum absolute atomic E-state index is 9.58. The van der Waals surface area contributed by atoms with Gasteiger partial charge in [-0.15, -0.1) is 10.2 Å². The Labute approximate surface area is 129 Å². The summed E-state index contributed by atoms with van der Waals surface area (Å²) in [6, 6.07) is 10.2. The van der Waals surface area contributed by atoms with Crippen molar-refractivity contribution in [3.63, 3.8) is 0 Å². The van der Waals surface area contributed by atoms with Gasteiger partial charge in [0.15, 0.2) is 5.82 Å². The third kappa shape index (κ3) is 2.33. The smallest absolute Gasteiger partial charge is 0.164 e. The number of fused-ring (bicyclic) bond motifs is 1. The maximum Gasteiger partial charge on any atom is 0.164 e. The first kappa shape index (κ1) is 13.9. The fourth-order valence-electron chi connectivity index (χ4n) is 3.24. The van der Waals surface area contributed by atoms with Gasteiger partial charge >= 0.3 is 0 Å². The van der Waals surface area contributed by atoms with Gasteiger partial charge in [-0.25, -0.2) is 0 Å². The van der Waals surface area contributed by atoms with Crippen LogP contribution in [0.15, 0.2) is 30.3 Å². The van der Waals surface area contributed by atoms with Gasteiger partial charge in [0, 0.05) is 25.2 Å². The van der Waals surface area contributed by atoms with E-state index in [-0.39, 0.29) is 12.0 Å². The van der Waals surface area contributed by atoms with Crippen molar-refractivity contribution in [3.05, 3.63) is 36.2 Å². The molecule has 0 saturated carbocycles. The number of nitrogens with zero attached hydrogens (tertiary/aromatic N) is 4. The molecule has 6 nitrogen and oxygen atoms in total. The molecule has 2 aliphatic rings. The molecule has 116 valence electrons. The van der Waals surface area contributed by atoms with E-state index in [1.54, 1.807) is 0 Å². The monoisotopic (exact) mass is 300 g/mol. The second kappa shape index (κ2) is 5.46. The Kier molecular flexibility index (Phi) is 3.44. The van der Waals surface area contributed by atoms with Crippen LogP contribution in [0.1, 0.15) is 5.82 Å². The zero-order chi connectivity index (χ0) is 15.0. The van der Waals surface area contributed by atoms with E-state index in [0.717, 1.165) is 43.4 Å². The number of ether oxygens (including phenoxy) is 1. The molecule has 0 aliphatic carbocycles. The van der Waals surface area contributed by atoms with Gasteiger partial charge in [-0.2, -0.15) is 0 Å². The van der Waals surface area contributed by atoms with Gasteiger partial charge < -0.3 is 14.4 Å². The molecule has 0 radical (unpaired) electrons. The summed E-state index contributed by atoms with van der Waals surface area (Å²) in [6.07, 6.45) is 0. The predicted molar refractivity (Wildman–Crippen MR) is 81.1 cm³/mol. The molecule has 4 rings (SSSR count). The second-order valence-electron chi connectivity index (χ2n) is 6.32. The minimum absolute atomic E-state index is 0.0789. The maximum atomic E-state index is 9.58. The molecule has 2 aliphatic heterocycles. The summed E-state index contributed by atoms with van der Waals surface area (Å²) in [6.45, 7) is 4.97. The van der Waals surface area contributed by atoms with Crippen LogP contribution in [0.2, 0.25) is 0 Å². The third-order valence-electron chi connectivity index (χ3n) is 4.58. The lowest BCUT2D eigenvalue weighted by atomic mass is 9.86. The molecule has 3 heterocycles. The predicted octanol–water partition coefficient (Wildman–Crippen LogP) is 0.770. The number of aliphatic hydroxyl groups is 1. The molecule has 1 aromatic heterocycles. The Morgan fingerprint density at radius 1 is 1.14 bits per heavy atom. The van der Waals surface area contributed by atoms with Crippen LogP contribution < -0.4 is 0 Å². The van der Waals surface area contributed by atoms with Crippen molar-refractivity contribution in [1.82, 2.24) is 19.7 Å². The highest BCUT2D eigenvalue weighted by Gasteiger charge is 2.40. The highest BCUT2D eigenvalue weighted by atomic mass is 16.5. The largest absolute Gasteiger partial charge is 0.396 e. The Morgan fingerprint density at radius 3 is 2.64 bits per heavy atom. The summed E-state index contributed by atoms with van der Waals surface area (Å²) in [7, 11) is 0. The average molecular weight is 300 g/mol. The van der Waals surface area contributed by atoms with Crippen molar-refractivity contribution >= 4 is 0 Å². The van der Waals surface area contributed by atoms with Crippen LogP contribution in [0, 0.1) is 5.41 Å². The number of benzene rings is 1. The molecule has 1 aromatic carbocycles. The zero-order valence-electron chi connectivity index (χ0n) is 12.5. The molecule has 0 unspecified atom stereocenters. The van der Waals surface area contributed by atoms with Gasteiger partial charge in [-0.1, -0.05) is 30.3 Å². The summed E-state index contributed by atoms with van der Waals surface area (Å²) in [5, 5.41) is 18.3. The van der Waals surface area contributed by atoms with Crippen molar-refractivity contribution in [2.75, 3.05) is 32.9 Å². The summed E-state index contributed by atoms with van der Waals surface area (Å²) in [5.74, 6) is 1.94. The second-order valence-corrected chi connectivity index (χ2v) is 6.32. The van der Waals surface area contributed by atoms with Crippen molar-refractivity contribution in [2.24, 2.45) is 5.41 Å². The quantitative estimate of drug-likeness (QED) is 0.903. The van der Waals surface area contributed by atoms with E-state index >= 15 is 0 Å². The molecule has 1 fully saturated rings. The van der Waals surface area contributed by atoms with Crippen molar-refractivity contribution in [2.45, 2.75) is 13.1 Å². The number of hydrogen-bond donors (Lipinski definition) is 1. The number of rotatable bonds is 4. The molecule has 1 N–H and O–H groups in total. The minimum atomic E-state index is -0.0789. The topological polar surface area (TPSA) is 63.4 Å². The Balaban J connectivity index is 1.52. The molecule has 0 atom stereocenters. The zero-order valence-corrected chi connectivity index (χ0v) is 12.5. The summed E-state index contributed by atoms with van der Waals surface area (Å²) in [4.78, 5) is 2.34. The van der Waals surface area contributed by atoms with Crippen LogP contribution in [0.4, 0.5) is 0 Å². The SMILES string of the molecule is OCC1(CN2CCn3c(nnc3-c3ccccc3)C2)COC1. The molecule has 0 amide bonds.